The van der Waals surface area contributed by atoms with Crippen LogP contribution in [0.3, 0.4) is 0 Å². The molecule has 0 aliphatic heterocycles. The number of carbonyl (C=O) groups excluding carboxylic acids is 1. The third-order valence-corrected chi connectivity index (χ3v) is 3.67. The van der Waals surface area contributed by atoms with Crippen molar-refractivity contribution in [3.63, 3.8) is 0 Å². The number of urea groups is 1. The van der Waals surface area contributed by atoms with Crippen LogP contribution in [0.15, 0.2) is 36.7 Å². The normalized spacial score (nSPS) is 12.0. The third kappa shape index (κ3) is 4.55. The third-order valence-electron chi connectivity index (χ3n) is 3.67. The van der Waals surface area contributed by atoms with Gasteiger partial charge in [-0.25, -0.2) is 14.2 Å². The van der Waals surface area contributed by atoms with Crippen LogP contribution in [0.2, 0.25) is 0 Å². The number of aryl methyl sites for hydroxylation is 1. The van der Waals surface area contributed by atoms with E-state index in [1.54, 1.807) is 35.2 Å². The van der Waals surface area contributed by atoms with Crippen LogP contribution in [0.4, 0.5) is 9.18 Å². The van der Waals surface area contributed by atoms with E-state index < -0.39 is 6.04 Å². The van der Waals surface area contributed by atoms with Gasteiger partial charge >= 0.3 is 6.03 Å². The number of amides is 2. The number of halogens is 1. The molecule has 6 heteroatoms. The van der Waals surface area contributed by atoms with E-state index in [1.165, 1.54) is 6.07 Å². The van der Waals surface area contributed by atoms with Crippen molar-refractivity contribution in [1.82, 2.24) is 20.2 Å². The van der Waals surface area contributed by atoms with Crippen molar-refractivity contribution in [3.8, 4) is 0 Å². The number of rotatable bonds is 7. The van der Waals surface area contributed by atoms with Crippen LogP contribution in [-0.4, -0.2) is 22.1 Å². The zero-order valence-corrected chi connectivity index (χ0v) is 13.6. The number of hydrogen-bond acceptors (Lipinski definition) is 2. The molecule has 2 amide bonds. The number of nitrogens with zero attached hydrogens (tertiary/aromatic N) is 2. The van der Waals surface area contributed by atoms with Gasteiger partial charge in [0.25, 0.3) is 0 Å². The first-order valence-electron chi connectivity index (χ1n) is 7.89. The van der Waals surface area contributed by atoms with E-state index in [4.69, 9.17) is 0 Å². The minimum atomic E-state index is -0.637. The van der Waals surface area contributed by atoms with Crippen LogP contribution in [0, 0.1) is 5.82 Å². The summed E-state index contributed by atoms with van der Waals surface area (Å²) in [5.41, 5.74) is 0.394. The molecule has 124 valence electrons. The smallest absolute Gasteiger partial charge is 0.315 e. The predicted molar refractivity (Wildman–Crippen MR) is 87.5 cm³/mol. The van der Waals surface area contributed by atoms with E-state index in [-0.39, 0.29) is 11.8 Å². The predicted octanol–water partition coefficient (Wildman–Crippen LogP) is 3.14. The maximum absolute atomic E-state index is 14.2. The molecule has 5 nitrogen and oxygen atoms in total. The number of nitrogens with one attached hydrogen (secondary N) is 2. The fraction of sp³-hybridized carbons (Fsp3) is 0.412. The van der Waals surface area contributed by atoms with Crippen molar-refractivity contribution < 1.29 is 9.18 Å². The Morgan fingerprint density at radius 1 is 1.35 bits per heavy atom. The Hall–Kier alpha value is -2.37. The van der Waals surface area contributed by atoms with E-state index in [1.807, 2.05) is 7.05 Å². The van der Waals surface area contributed by atoms with Gasteiger partial charge in [-0.3, -0.25) is 0 Å². The summed E-state index contributed by atoms with van der Waals surface area (Å²) in [5, 5.41) is 5.63. The molecule has 0 radical (unpaired) electrons. The molecule has 0 saturated carbocycles. The molecule has 2 rings (SSSR count). The number of imidazole rings is 1. The lowest BCUT2D eigenvalue weighted by molar-refractivity contribution is 0.237. The molecule has 0 bridgehead atoms. The van der Waals surface area contributed by atoms with Crippen LogP contribution < -0.4 is 10.6 Å². The number of unbranched alkanes of at least 4 members (excludes halogenated alkanes) is 2. The maximum atomic E-state index is 14.2. The van der Waals surface area contributed by atoms with Gasteiger partial charge in [-0.15, -0.1) is 0 Å². The number of carbonyl (C=O) groups is 1. The van der Waals surface area contributed by atoms with Crippen LogP contribution in [0.5, 0.6) is 0 Å². The molecular formula is C17H23FN4O. The van der Waals surface area contributed by atoms with Gasteiger partial charge < -0.3 is 15.2 Å². The minimum Gasteiger partial charge on any atom is -0.338 e. The molecule has 1 atom stereocenters. The van der Waals surface area contributed by atoms with E-state index in [2.05, 4.69) is 22.5 Å². The molecule has 1 aromatic heterocycles. The fourth-order valence-corrected chi connectivity index (χ4v) is 2.40. The van der Waals surface area contributed by atoms with Crippen molar-refractivity contribution in [2.24, 2.45) is 7.05 Å². The monoisotopic (exact) mass is 318 g/mol. The van der Waals surface area contributed by atoms with Gasteiger partial charge in [0, 0.05) is 31.5 Å². The Morgan fingerprint density at radius 3 is 2.78 bits per heavy atom. The lowest BCUT2D eigenvalue weighted by Crippen LogP contribution is -2.39. The lowest BCUT2D eigenvalue weighted by Gasteiger charge is -2.20. The molecule has 0 fully saturated rings. The van der Waals surface area contributed by atoms with Crippen molar-refractivity contribution in [1.29, 1.82) is 0 Å². The molecule has 0 spiro atoms. The Balaban J connectivity index is 2.14. The molecule has 23 heavy (non-hydrogen) atoms. The van der Waals surface area contributed by atoms with Gasteiger partial charge in [0.15, 0.2) is 0 Å². The van der Waals surface area contributed by atoms with Crippen LogP contribution in [0.1, 0.15) is 43.6 Å². The fourth-order valence-electron chi connectivity index (χ4n) is 2.40. The second-order valence-electron chi connectivity index (χ2n) is 5.46. The SMILES string of the molecule is CCCCCNC(=O)N[C@@H](c1ccccc1F)c1nccn1C. The summed E-state index contributed by atoms with van der Waals surface area (Å²) in [4.78, 5) is 16.4. The zero-order valence-electron chi connectivity index (χ0n) is 13.6. The molecule has 0 aliphatic rings. The molecule has 1 heterocycles. The molecule has 2 aromatic rings. The first-order chi connectivity index (χ1) is 11.1. The summed E-state index contributed by atoms with van der Waals surface area (Å²) in [6.45, 7) is 2.71. The van der Waals surface area contributed by atoms with Crippen molar-refractivity contribution in [2.45, 2.75) is 32.2 Å². The lowest BCUT2D eigenvalue weighted by atomic mass is 10.1. The summed E-state index contributed by atoms with van der Waals surface area (Å²) in [6.07, 6.45) is 6.48. The molecule has 0 unspecified atom stereocenters. The van der Waals surface area contributed by atoms with Crippen LogP contribution in [-0.2, 0) is 7.05 Å². The quantitative estimate of drug-likeness (QED) is 0.771. The van der Waals surface area contributed by atoms with Gasteiger partial charge in [-0.05, 0) is 12.5 Å². The zero-order chi connectivity index (χ0) is 16.7. The Bertz CT molecular complexity index is 641. The summed E-state index contributed by atoms with van der Waals surface area (Å²) in [6, 6.07) is 5.45. The summed E-state index contributed by atoms with van der Waals surface area (Å²) in [7, 11) is 1.82. The highest BCUT2D eigenvalue weighted by Gasteiger charge is 2.23. The van der Waals surface area contributed by atoms with Gasteiger partial charge in [-0.1, -0.05) is 38.0 Å². The van der Waals surface area contributed by atoms with E-state index >= 15 is 0 Å². The number of aromatic nitrogens is 2. The Kier molecular flexibility index (Phi) is 6.14. The second-order valence-corrected chi connectivity index (χ2v) is 5.46. The van der Waals surface area contributed by atoms with E-state index in [0.717, 1.165) is 19.3 Å². The van der Waals surface area contributed by atoms with Crippen molar-refractivity contribution in [3.05, 3.63) is 53.9 Å². The van der Waals surface area contributed by atoms with Crippen LogP contribution >= 0.6 is 0 Å². The Morgan fingerprint density at radius 2 is 2.13 bits per heavy atom. The van der Waals surface area contributed by atoms with Crippen molar-refractivity contribution in [2.75, 3.05) is 6.54 Å². The first kappa shape index (κ1) is 17.0. The summed E-state index contributed by atoms with van der Waals surface area (Å²) < 4.78 is 15.9. The highest BCUT2D eigenvalue weighted by atomic mass is 19.1. The van der Waals surface area contributed by atoms with Gasteiger partial charge in [0.2, 0.25) is 0 Å². The average molecular weight is 318 g/mol. The topological polar surface area (TPSA) is 59.0 Å². The molecule has 1 aromatic carbocycles. The minimum absolute atomic E-state index is 0.322. The standard InChI is InChI=1S/C17H23FN4O/c1-3-4-7-10-20-17(23)21-15(16-19-11-12-22(16)2)13-8-5-6-9-14(13)18/h5-6,8-9,11-12,15H,3-4,7,10H2,1-2H3,(H2,20,21,23)/t15-/m0/s1. The van der Waals surface area contributed by atoms with E-state index in [9.17, 15) is 9.18 Å². The number of benzene rings is 1. The van der Waals surface area contributed by atoms with Gasteiger partial charge in [0.1, 0.15) is 17.7 Å². The van der Waals surface area contributed by atoms with Crippen LogP contribution in [0.25, 0.3) is 0 Å². The second kappa shape index (κ2) is 8.31. The van der Waals surface area contributed by atoms with Gasteiger partial charge in [0.05, 0.1) is 0 Å². The molecule has 2 N–H and O–H groups in total. The molecular weight excluding hydrogens is 295 g/mol. The first-order valence-corrected chi connectivity index (χ1v) is 7.89. The average Bonchev–Trinajstić information content (AvgIpc) is 2.96. The Labute approximate surface area is 135 Å². The van der Waals surface area contributed by atoms with Gasteiger partial charge in [-0.2, -0.15) is 0 Å². The maximum Gasteiger partial charge on any atom is 0.315 e. The summed E-state index contributed by atoms with van der Waals surface area (Å²) >= 11 is 0. The van der Waals surface area contributed by atoms with E-state index in [0.29, 0.717) is 17.9 Å². The largest absolute Gasteiger partial charge is 0.338 e. The molecule has 0 saturated heterocycles. The highest BCUT2D eigenvalue weighted by Crippen LogP contribution is 2.22. The summed E-state index contributed by atoms with van der Waals surface area (Å²) in [5.74, 6) is 0.214. The highest BCUT2D eigenvalue weighted by molar-refractivity contribution is 5.74. The van der Waals surface area contributed by atoms with Crippen molar-refractivity contribution >= 4 is 6.03 Å². The molecule has 0 aliphatic carbocycles. The number of hydrogen-bond donors (Lipinski definition) is 2.